The number of carbonyl (C=O) groups excluding carboxylic acids is 1. The molecule has 5 heteroatoms. The molecule has 2 rings (SSSR count). The lowest BCUT2D eigenvalue weighted by atomic mass is 10.0. The average Bonchev–Trinajstić information content (AvgIpc) is 2.39. The van der Waals surface area contributed by atoms with Crippen LogP contribution in [0.5, 0.6) is 5.75 Å². The van der Waals surface area contributed by atoms with Crippen molar-refractivity contribution in [1.82, 2.24) is 5.32 Å². The number of methoxy groups -OCH3 is 1. The van der Waals surface area contributed by atoms with E-state index in [-0.39, 0.29) is 12.0 Å². The third kappa shape index (κ3) is 2.80. The zero-order valence-corrected chi connectivity index (χ0v) is 10.7. The summed E-state index contributed by atoms with van der Waals surface area (Å²) in [5.74, 6) is 0.529. The minimum absolute atomic E-state index is 0.0595. The highest BCUT2D eigenvalue weighted by atomic mass is 16.5. The minimum atomic E-state index is -0.121. The maximum absolute atomic E-state index is 11.3. The van der Waals surface area contributed by atoms with Gasteiger partial charge < -0.3 is 20.1 Å². The van der Waals surface area contributed by atoms with Crippen molar-refractivity contribution in [3.63, 3.8) is 0 Å². The van der Waals surface area contributed by atoms with Crippen LogP contribution in [0.1, 0.15) is 18.6 Å². The first kappa shape index (κ1) is 12.9. The first-order valence-corrected chi connectivity index (χ1v) is 5.99. The summed E-state index contributed by atoms with van der Waals surface area (Å²) in [4.78, 5) is 11.3. The lowest BCUT2D eigenvalue weighted by molar-refractivity contribution is -0.114. The van der Waals surface area contributed by atoms with Crippen molar-refractivity contribution >= 4 is 11.6 Å². The van der Waals surface area contributed by atoms with E-state index in [1.54, 1.807) is 7.11 Å². The number of hydrogen-bond acceptors (Lipinski definition) is 4. The topological polar surface area (TPSA) is 59.6 Å². The quantitative estimate of drug-likeness (QED) is 0.849. The number of benzene rings is 1. The maximum Gasteiger partial charge on any atom is 0.221 e. The van der Waals surface area contributed by atoms with Gasteiger partial charge in [0.25, 0.3) is 0 Å². The predicted octanol–water partition coefficient (Wildman–Crippen LogP) is 1.31. The molecule has 1 unspecified atom stereocenters. The number of para-hydroxylation sites is 1. The van der Waals surface area contributed by atoms with Crippen LogP contribution in [-0.4, -0.2) is 32.7 Å². The van der Waals surface area contributed by atoms with Gasteiger partial charge in [0.05, 0.1) is 25.5 Å². The monoisotopic (exact) mass is 250 g/mol. The molecule has 2 N–H and O–H groups in total. The predicted molar refractivity (Wildman–Crippen MR) is 68.9 cm³/mol. The van der Waals surface area contributed by atoms with E-state index < -0.39 is 0 Å². The van der Waals surface area contributed by atoms with Crippen LogP contribution < -0.4 is 15.4 Å². The zero-order chi connectivity index (χ0) is 13.0. The second-order valence-corrected chi connectivity index (χ2v) is 4.17. The lowest BCUT2D eigenvalue weighted by Crippen LogP contribution is -2.33. The van der Waals surface area contributed by atoms with E-state index >= 15 is 0 Å². The lowest BCUT2D eigenvalue weighted by Gasteiger charge is -2.26. The number of amides is 1. The first-order chi connectivity index (χ1) is 8.72. The van der Waals surface area contributed by atoms with Crippen molar-refractivity contribution in [1.29, 1.82) is 0 Å². The summed E-state index contributed by atoms with van der Waals surface area (Å²) in [7, 11) is 1.59. The highest BCUT2D eigenvalue weighted by Gasteiger charge is 2.21. The van der Waals surface area contributed by atoms with Crippen LogP contribution >= 0.6 is 0 Å². The van der Waals surface area contributed by atoms with Gasteiger partial charge in [-0.3, -0.25) is 4.79 Å². The number of ether oxygens (including phenoxy) is 2. The number of nitrogens with one attached hydrogen (secondary N) is 2. The number of anilines is 1. The third-order valence-corrected chi connectivity index (χ3v) is 2.85. The van der Waals surface area contributed by atoms with Gasteiger partial charge in [0.2, 0.25) is 5.91 Å². The molecule has 1 aliphatic rings. The summed E-state index contributed by atoms with van der Waals surface area (Å²) in [5, 5.41) is 6.09. The molecule has 1 atom stereocenters. The van der Waals surface area contributed by atoms with Gasteiger partial charge in [0.15, 0.2) is 0 Å². The third-order valence-electron chi connectivity index (χ3n) is 2.85. The van der Waals surface area contributed by atoms with Gasteiger partial charge in [-0.1, -0.05) is 12.1 Å². The molecule has 1 aromatic carbocycles. The van der Waals surface area contributed by atoms with Crippen LogP contribution in [0.2, 0.25) is 0 Å². The van der Waals surface area contributed by atoms with E-state index in [1.807, 2.05) is 18.2 Å². The van der Waals surface area contributed by atoms with Crippen LogP contribution in [0.4, 0.5) is 5.69 Å². The van der Waals surface area contributed by atoms with Gasteiger partial charge >= 0.3 is 0 Å². The standard InChI is InChI=1S/C13H18N2O3/c1-9(16)15-13-10(4-3-5-11(13)17-2)12-8-14-6-7-18-12/h3-5,12,14H,6-8H2,1-2H3,(H,15,16). The smallest absolute Gasteiger partial charge is 0.221 e. The first-order valence-electron chi connectivity index (χ1n) is 5.99. The summed E-state index contributed by atoms with van der Waals surface area (Å²) in [6.45, 7) is 3.74. The second-order valence-electron chi connectivity index (χ2n) is 4.17. The van der Waals surface area contributed by atoms with Crippen LogP contribution in [0.15, 0.2) is 18.2 Å². The number of rotatable bonds is 3. The Morgan fingerprint density at radius 1 is 1.56 bits per heavy atom. The summed E-state index contributed by atoms with van der Waals surface area (Å²) >= 11 is 0. The molecular formula is C13H18N2O3. The Labute approximate surface area is 106 Å². The van der Waals surface area contributed by atoms with Gasteiger partial charge in [-0.2, -0.15) is 0 Å². The Kier molecular flexibility index (Phi) is 4.17. The molecule has 0 radical (unpaired) electrons. The number of carbonyl (C=O) groups is 1. The van der Waals surface area contributed by atoms with Gasteiger partial charge in [0, 0.05) is 25.6 Å². The fourth-order valence-electron chi connectivity index (χ4n) is 2.06. The fraction of sp³-hybridized carbons (Fsp3) is 0.462. The largest absolute Gasteiger partial charge is 0.495 e. The molecule has 1 fully saturated rings. The minimum Gasteiger partial charge on any atom is -0.495 e. The Bertz CT molecular complexity index is 428. The van der Waals surface area contributed by atoms with E-state index in [0.717, 1.165) is 18.7 Å². The van der Waals surface area contributed by atoms with E-state index in [9.17, 15) is 4.79 Å². The Balaban J connectivity index is 2.34. The van der Waals surface area contributed by atoms with Crippen molar-refractivity contribution in [2.75, 3.05) is 32.1 Å². The number of morpholine rings is 1. The Morgan fingerprint density at radius 2 is 2.39 bits per heavy atom. The summed E-state index contributed by atoms with van der Waals surface area (Å²) in [5.41, 5.74) is 1.64. The van der Waals surface area contributed by atoms with Gasteiger partial charge in [0.1, 0.15) is 5.75 Å². The second kappa shape index (κ2) is 5.84. The van der Waals surface area contributed by atoms with Crippen molar-refractivity contribution < 1.29 is 14.3 Å². The molecular weight excluding hydrogens is 232 g/mol. The molecule has 0 spiro atoms. The molecule has 98 valence electrons. The maximum atomic E-state index is 11.3. The van der Waals surface area contributed by atoms with Crippen molar-refractivity contribution in [3.8, 4) is 5.75 Å². The SMILES string of the molecule is COc1cccc(C2CNCCO2)c1NC(C)=O. The summed E-state index contributed by atoms with van der Waals surface area (Å²) < 4.78 is 11.0. The summed E-state index contributed by atoms with van der Waals surface area (Å²) in [6, 6.07) is 5.67. The Hall–Kier alpha value is -1.59. The van der Waals surface area contributed by atoms with Crippen LogP contribution in [0.3, 0.4) is 0 Å². The molecule has 1 aliphatic heterocycles. The molecule has 0 bridgehead atoms. The average molecular weight is 250 g/mol. The molecule has 1 saturated heterocycles. The molecule has 1 heterocycles. The Morgan fingerprint density at radius 3 is 3.00 bits per heavy atom. The van der Waals surface area contributed by atoms with E-state index in [4.69, 9.17) is 9.47 Å². The molecule has 5 nitrogen and oxygen atoms in total. The van der Waals surface area contributed by atoms with Crippen LogP contribution in [0.25, 0.3) is 0 Å². The number of hydrogen-bond donors (Lipinski definition) is 2. The molecule has 1 amide bonds. The summed E-state index contributed by atoms with van der Waals surface area (Å²) in [6.07, 6.45) is -0.0595. The zero-order valence-electron chi connectivity index (χ0n) is 10.7. The molecule has 18 heavy (non-hydrogen) atoms. The van der Waals surface area contributed by atoms with Crippen LogP contribution in [0, 0.1) is 0 Å². The van der Waals surface area contributed by atoms with E-state index in [0.29, 0.717) is 18.0 Å². The van der Waals surface area contributed by atoms with E-state index in [1.165, 1.54) is 6.92 Å². The molecule has 0 aromatic heterocycles. The van der Waals surface area contributed by atoms with Crippen molar-refractivity contribution in [2.45, 2.75) is 13.0 Å². The van der Waals surface area contributed by atoms with E-state index in [2.05, 4.69) is 10.6 Å². The highest BCUT2D eigenvalue weighted by Crippen LogP contribution is 2.34. The van der Waals surface area contributed by atoms with Crippen LogP contribution in [-0.2, 0) is 9.53 Å². The molecule has 0 saturated carbocycles. The van der Waals surface area contributed by atoms with Crippen molar-refractivity contribution in [2.24, 2.45) is 0 Å². The van der Waals surface area contributed by atoms with Crippen molar-refractivity contribution in [3.05, 3.63) is 23.8 Å². The molecule has 0 aliphatic carbocycles. The van der Waals surface area contributed by atoms with Gasteiger partial charge in [-0.05, 0) is 6.07 Å². The molecule has 1 aromatic rings. The highest BCUT2D eigenvalue weighted by molar-refractivity contribution is 5.91. The van der Waals surface area contributed by atoms with Gasteiger partial charge in [-0.15, -0.1) is 0 Å². The fourth-order valence-corrected chi connectivity index (χ4v) is 2.06. The van der Waals surface area contributed by atoms with Gasteiger partial charge in [-0.25, -0.2) is 0 Å². The normalized spacial score (nSPS) is 19.3.